The summed E-state index contributed by atoms with van der Waals surface area (Å²) in [5, 5.41) is 5.28. The zero-order valence-electron chi connectivity index (χ0n) is 21.3. The number of amides is 2. The standard InChI is InChI=1S/C27H32N2O7S2/c1-37-15-13-22(28-24(31)19-9-5-3-6-10-19)26(33)35-17-21(30)18-36-27(34)23(14-16-38-2)29-25(32)20-11-7-4-8-12-20/h3-12,22-23H,13-18H2,1-2H3,(H,28,31)(H,29,32). The van der Waals surface area contributed by atoms with E-state index < -0.39 is 54.8 Å². The number of carbonyl (C=O) groups is 5. The van der Waals surface area contributed by atoms with Crippen LogP contribution in [0.25, 0.3) is 0 Å². The van der Waals surface area contributed by atoms with Gasteiger partial charge in [-0.1, -0.05) is 36.4 Å². The lowest BCUT2D eigenvalue weighted by Gasteiger charge is -2.18. The second-order valence-corrected chi connectivity index (χ2v) is 10.1. The van der Waals surface area contributed by atoms with Gasteiger partial charge < -0.3 is 20.1 Å². The van der Waals surface area contributed by atoms with Gasteiger partial charge in [-0.15, -0.1) is 0 Å². The number of nitrogens with one attached hydrogen (secondary N) is 2. The molecule has 0 heterocycles. The van der Waals surface area contributed by atoms with Gasteiger partial charge in [0, 0.05) is 11.1 Å². The molecular weight excluding hydrogens is 528 g/mol. The highest BCUT2D eigenvalue weighted by Crippen LogP contribution is 2.08. The molecule has 0 saturated heterocycles. The molecule has 2 N–H and O–H groups in total. The van der Waals surface area contributed by atoms with E-state index in [9.17, 15) is 24.0 Å². The van der Waals surface area contributed by atoms with E-state index in [0.29, 0.717) is 35.5 Å². The summed E-state index contributed by atoms with van der Waals surface area (Å²) in [5.41, 5.74) is 0.792. The van der Waals surface area contributed by atoms with Crippen molar-refractivity contribution >= 4 is 53.1 Å². The van der Waals surface area contributed by atoms with Crippen molar-refractivity contribution in [3.8, 4) is 0 Å². The number of carbonyl (C=O) groups excluding carboxylic acids is 5. The number of esters is 2. The van der Waals surface area contributed by atoms with Crippen LogP contribution in [0.5, 0.6) is 0 Å². The fraction of sp³-hybridized carbons (Fsp3) is 0.370. The molecule has 2 rings (SSSR count). The molecule has 0 aliphatic carbocycles. The van der Waals surface area contributed by atoms with Crippen LogP contribution >= 0.6 is 23.5 Å². The van der Waals surface area contributed by atoms with Crippen molar-refractivity contribution in [2.75, 3.05) is 37.2 Å². The summed E-state index contributed by atoms with van der Waals surface area (Å²) in [6.45, 7) is -1.23. The third-order valence-electron chi connectivity index (χ3n) is 5.22. The first-order valence-corrected chi connectivity index (χ1v) is 14.7. The summed E-state index contributed by atoms with van der Waals surface area (Å²) < 4.78 is 10.2. The van der Waals surface area contributed by atoms with Crippen molar-refractivity contribution < 1.29 is 33.4 Å². The van der Waals surface area contributed by atoms with Gasteiger partial charge in [0.2, 0.25) is 5.78 Å². The maximum atomic E-state index is 12.6. The van der Waals surface area contributed by atoms with Crippen molar-refractivity contribution in [1.82, 2.24) is 10.6 Å². The van der Waals surface area contributed by atoms with Gasteiger partial charge >= 0.3 is 11.9 Å². The Labute approximate surface area is 230 Å². The third kappa shape index (κ3) is 11.0. The van der Waals surface area contributed by atoms with E-state index in [-0.39, 0.29) is 0 Å². The second kappa shape index (κ2) is 17.2. The monoisotopic (exact) mass is 560 g/mol. The number of rotatable bonds is 16. The maximum absolute atomic E-state index is 12.6. The van der Waals surface area contributed by atoms with E-state index in [1.54, 1.807) is 60.7 Å². The predicted octanol–water partition coefficient (Wildman–Crippen LogP) is 2.75. The number of hydrogen-bond donors (Lipinski definition) is 2. The number of ether oxygens (including phenoxy) is 2. The van der Waals surface area contributed by atoms with E-state index in [2.05, 4.69) is 10.6 Å². The quantitative estimate of drug-likeness (QED) is 0.298. The van der Waals surface area contributed by atoms with Crippen LogP contribution in [0.2, 0.25) is 0 Å². The van der Waals surface area contributed by atoms with Crippen molar-refractivity contribution in [1.29, 1.82) is 0 Å². The summed E-state index contributed by atoms with van der Waals surface area (Å²) in [5.74, 6) is -1.82. The Bertz CT molecular complexity index is 984. The van der Waals surface area contributed by atoms with Crippen LogP contribution in [0.15, 0.2) is 60.7 Å². The Morgan fingerprint density at radius 2 is 1.03 bits per heavy atom. The minimum atomic E-state index is -0.936. The molecule has 0 saturated carbocycles. The van der Waals surface area contributed by atoms with Crippen molar-refractivity contribution in [3.05, 3.63) is 71.8 Å². The van der Waals surface area contributed by atoms with Gasteiger partial charge in [-0.2, -0.15) is 23.5 Å². The van der Waals surface area contributed by atoms with Gasteiger partial charge in [0.1, 0.15) is 12.1 Å². The van der Waals surface area contributed by atoms with Crippen LogP contribution in [-0.4, -0.2) is 78.9 Å². The number of benzene rings is 2. The fourth-order valence-corrected chi connectivity index (χ4v) is 4.12. The van der Waals surface area contributed by atoms with Crippen LogP contribution in [-0.2, 0) is 23.9 Å². The van der Waals surface area contributed by atoms with Crippen LogP contribution < -0.4 is 10.6 Å². The minimum Gasteiger partial charge on any atom is -0.456 e. The molecule has 2 aromatic rings. The Hall–Kier alpha value is -3.31. The zero-order valence-corrected chi connectivity index (χ0v) is 23.0. The molecule has 0 bridgehead atoms. The number of thioether (sulfide) groups is 2. The normalized spacial score (nSPS) is 12.1. The molecule has 11 heteroatoms. The number of ketones is 1. The molecule has 0 aliphatic rings. The molecule has 0 aliphatic heterocycles. The first-order valence-electron chi connectivity index (χ1n) is 11.9. The van der Waals surface area contributed by atoms with E-state index in [1.165, 1.54) is 23.5 Å². The molecule has 0 fully saturated rings. The molecular formula is C27H32N2O7S2. The first-order chi connectivity index (χ1) is 18.3. The molecule has 0 spiro atoms. The van der Waals surface area contributed by atoms with Gasteiger partial charge in [0.05, 0.1) is 0 Å². The molecule has 204 valence electrons. The topological polar surface area (TPSA) is 128 Å². The molecule has 2 unspecified atom stereocenters. The molecule has 38 heavy (non-hydrogen) atoms. The van der Waals surface area contributed by atoms with E-state index in [4.69, 9.17) is 9.47 Å². The van der Waals surface area contributed by atoms with Gasteiger partial charge in [-0.25, -0.2) is 9.59 Å². The lowest BCUT2D eigenvalue weighted by molar-refractivity contribution is -0.155. The number of hydrogen-bond acceptors (Lipinski definition) is 9. The maximum Gasteiger partial charge on any atom is 0.329 e. The number of Topliss-reactive ketones (excluding diaryl/α,β-unsaturated/α-hetero) is 1. The molecule has 2 aromatic carbocycles. The smallest absolute Gasteiger partial charge is 0.329 e. The lowest BCUT2D eigenvalue weighted by Crippen LogP contribution is -2.43. The zero-order chi connectivity index (χ0) is 27.8. The third-order valence-corrected chi connectivity index (χ3v) is 6.51. The Balaban J connectivity index is 1.87. The Morgan fingerprint density at radius 1 is 0.658 bits per heavy atom. The molecule has 0 aromatic heterocycles. The predicted molar refractivity (Wildman–Crippen MR) is 148 cm³/mol. The van der Waals surface area contributed by atoms with Crippen LogP contribution in [0.3, 0.4) is 0 Å². The van der Waals surface area contributed by atoms with Crippen LogP contribution in [0.4, 0.5) is 0 Å². The molecule has 9 nitrogen and oxygen atoms in total. The largest absolute Gasteiger partial charge is 0.456 e. The SMILES string of the molecule is CSCCC(NC(=O)c1ccccc1)C(=O)OCC(=O)COC(=O)C(CCSC)NC(=O)c1ccccc1. The summed E-state index contributed by atoms with van der Waals surface area (Å²) in [4.78, 5) is 62.4. The molecule has 2 atom stereocenters. The van der Waals surface area contributed by atoms with Gasteiger partial charge in [-0.3, -0.25) is 14.4 Å². The fourth-order valence-electron chi connectivity index (χ4n) is 3.18. The Morgan fingerprint density at radius 3 is 1.37 bits per heavy atom. The average molecular weight is 561 g/mol. The van der Waals surface area contributed by atoms with E-state index in [0.717, 1.165) is 0 Å². The van der Waals surface area contributed by atoms with Crippen LogP contribution in [0, 0.1) is 0 Å². The first kappa shape index (κ1) is 30.9. The Kier molecular flexibility index (Phi) is 14.0. The van der Waals surface area contributed by atoms with Gasteiger partial charge in [0.15, 0.2) is 13.2 Å². The van der Waals surface area contributed by atoms with Crippen LogP contribution in [0.1, 0.15) is 33.6 Å². The van der Waals surface area contributed by atoms with Gasteiger partial charge in [0.25, 0.3) is 11.8 Å². The van der Waals surface area contributed by atoms with Crippen molar-refractivity contribution in [3.63, 3.8) is 0 Å². The average Bonchev–Trinajstić information content (AvgIpc) is 2.95. The summed E-state index contributed by atoms with van der Waals surface area (Å²) >= 11 is 3.00. The van der Waals surface area contributed by atoms with Crippen molar-refractivity contribution in [2.24, 2.45) is 0 Å². The van der Waals surface area contributed by atoms with E-state index >= 15 is 0 Å². The molecule has 0 radical (unpaired) electrons. The highest BCUT2D eigenvalue weighted by molar-refractivity contribution is 7.98. The van der Waals surface area contributed by atoms with Gasteiger partial charge in [-0.05, 0) is 61.1 Å². The second-order valence-electron chi connectivity index (χ2n) is 8.10. The highest BCUT2D eigenvalue weighted by Gasteiger charge is 2.25. The summed E-state index contributed by atoms with van der Waals surface area (Å²) in [6.07, 6.45) is 4.38. The van der Waals surface area contributed by atoms with Crippen molar-refractivity contribution in [2.45, 2.75) is 24.9 Å². The highest BCUT2D eigenvalue weighted by atomic mass is 32.2. The summed E-state index contributed by atoms with van der Waals surface area (Å²) in [7, 11) is 0. The lowest BCUT2D eigenvalue weighted by atomic mass is 10.1. The summed E-state index contributed by atoms with van der Waals surface area (Å²) in [6, 6.07) is 15.0. The van der Waals surface area contributed by atoms with E-state index in [1.807, 2.05) is 12.5 Å². The minimum absolute atomic E-state index is 0.319. The molecule has 2 amide bonds.